The summed E-state index contributed by atoms with van der Waals surface area (Å²) in [5.41, 5.74) is 0.178. The number of nitrogens with one attached hydrogen (secondary N) is 1. The monoisotopic (exact) mass is 488 g/mol. The molecule has 2 aromatic rings. The molecule has 0 radical (unpaired) electrons. The number of thiophene rings is 1. The number of aryl methyl sites for hydroxylation is 1. The van der Waals surface area contributed by atoms with Gasteiger partial charge < -0.3 is 15.1 Å². The van der Waals surface area contributed by atoms with Gasteiger partial charge in [0.1, 0.15) is 16.9 Å². The van der Waals surface area contributed by atoms with Crippen LogP contribution in [0, 0.1) is 0 Å². The van der Waals surface area contributed by atoms with Gasteiger partial charge in [0, 0.05) is 23.4 Å². The highest BCUT2D eigenvalue weighted by Crippen LogP contribution is 2.56. The molecule has 2 aliphatic rings. The van der Waals surface area contributed by atoms with Gasteiger partial charge in [-0.2, -0.15) is 0 Å². The molecule has 15 heteroatoms. The van der Waals surface area contributed by atoms with Crippen molar-refractivity contribution in [2.24, 2.45) is 7.05 Å². The molecule has 4 heterocycles. The minimum absolute atomic E-state index is 0.160. The molecule has 2 aliphatic heterocycles. The Morgan fingerprint density at radius 3 is 2.90 bits per heavy atom. The third-order valence-corrected chi connectivity index (χ3v) is 8.88. The Bertz CT molecular complexity index is 1050. The van der Waals surface area contributed by atoms with Crippen LogP contribution in [0.3, 0.4) is 0 Å². The zero-order valence-corrected chi connectivity index (χ0v) is 18.9. The maximum Gasteiger partial charge on any atom is 0.372 e. The molecule has 1 saturated heterocycles. The van der Waals surface area contributed by atoms with Crippen molar-refractivity contribution in [3.63, 3.8) is 0 Å². The highest BCUT2D eigenvalue weighted by atomic mass is 32.2. The van der Waals surface area contributed by atoms with Crippen LogP contribution in [0.25, 0.3) is 0 Å². The molecule has 4 rings (SSSR count). The molecule has 0 aromatic carbocycles. The van der Waals surface area contributed by atoms with E-state index in [1.54, 1.807) is 7.05 Å². The Morgan fingerprint density at radius 1 is 1.47 bits per heavy atom. The summed E-state index contributed by atoms with van der Waals surface area (Å²) < 4.78 is 13.6. The predicted molar refractivity (Wildman–Crippen MR) is 112 cm³/mol. The number of rotatable bonds is 7. The molecule has 0 unspecified atom stereocenters. The van der Waals surface area contributed by atoms with Crippen LogP contribution in [0.2, 0.25) is 0 Å². The maximum absolute atomic E-state index is 12.7. The molecule has 0 saturated carbocycles. The van der Waals surface area contributed by atoms with Gasteiger partial charge >= 0.3 is 7.60 Å². The van der Waals surface area contributed by atoms with Crippen molar-refractivity contribution in [3.05, 3.63) is 33.4 Å². The molecule has 3 N–H and O–H groups in total. The fourth-order valence-corrected chi connectivity index (χ4v) is 7.56. The first-order valence-electron chi connectivity index (χ1n) is 8.65. The number of amides is 2. The average Bonchev–Trinajstić information content (AvgIpc) is 3.34. The number of carbonyl (C=O) groups excluding carboxylic acids is 2. The van der Waals surface area contributed by atoms with Crippen LogP contribution in [-0.4, -0.2) is 69.6 Å². The van der Waals surface area contributed by atoms with Crippen molar-refractivity contribution in [3.8, 4) is 0 Å². The van der Waals surface area contributed by atoms with Crippen molar-refractivity contribution in [2.45, 2.75) is 23.0 Å². The van der Waals surface area contributed by atoms with Crippen LogP contribution in [0.4, 0.5) is 0 Å². The van der Waals surface area contributed by atoms with Crippen LogP contribution < -0.4 is 5.32 Å². The van der Waals surface area contributed by atoms with Gasteiger partial charge in [-0.3, -0.25) is 19.1 Å². The second-order valence-electron chi connectivity index (χ2n) is 6.56. The Kier molecular flexibility index (Phi) is 6.06. The first-order chi connectivity index (χ1) is 14.3. The average molecular weight is 489 g/mol. The van der Waals surface area contributed by atoms with E-state index in [0.717, 1.165) is 9.78 Å². The first kappa shape index (κ1) is 21.5. The highest BCUT2D eigenvalue weighted by molar-refractivity contribution is 8.01. The number of fused-ring (bicyclic) bond motifs is 1. The maximum atomic E-state index is 12.7. The second-order valence-corrected chi connectivity index (χ2v) is 11.1. The molecule has 160 valence electrons. The van der Waals surface area contributed by atoms with E-state index >= 15 is 0 Å². The standard InChI is InChI=1S/C15H17N6O5PS3/c1-20-15(17-18-19-20)30-7-8-6-29-14-11(12(23)21(14)13(8)27(24,25)26)16-10(22)5-9-3-2-4-28-9/h2-4,11,14H,5-7H2,1H3,(H,16,22)(H2,24,25,26)/t11-,14+/m1/s1. The molecule has 2 atom stereocenters. The molecular formula is C15H17N6O5PS3. The van der Waals surface area contributed by atoms with Crippen LogP contribution in [0.15, 0.2) is 33.7 Å². The van der Waals surface area contributed by atoms with Crippen LogP contribution in [0.5, 0.6) is 0 Å². The minimum atomic E-state index is -4.71. The van der Waals surface area contributed by atoms with Gasteiger partial charge in [-0.15, -0.1) is 28.2 Å². The summed E-state index contributed by atoms with van der Waals surface area (Å²) in [7, 11) is -3.05. The number of β-lactam (4-membered cyclic amide) rings is 1. The molecule has 0 bridgehead atoms. The van der Waals surface area contributed by atoms with E-state index in [1.165, 1.54) is 39.5 Å². The van der Waals surface area contributed by atoms with E-state index in [-0.39, 0.29) is 23.5 Å². The summed E-state index contributed by atoms with van der Waals surface area (Å²) in [6.45, 7) is 0. The molecule has 30 heavy (non-hydrogen) atoms. The summed E-state index contributed by atoms with van der Waals surface area (Å²) >= 11 is 4.04. The highest BCUT2D eigenvalue weighted by Gasteiger charge is 2.55. The van der Waals surface area contributed by atoms with E-state index in [9.17, 15) is 23.9 Å². The summed E-state index contributed by atoms with van der Waals surface area (Å²) in [5, 5.41) is 15.6. The molecule has 0 spiro atoms. The number of aromatic nitrogens is 4. The quantitative estimate of drug-likeness (QED) is 0.284. The largest absolute Gasteiger partial charge is 0.372 e. The topological polar surface area (TPSA) is 151 Å². The van der Waals surface area contributed by atoms with Crippen LogP contribution >= 0.6 is 42.5 Å². The fraction of sp³-hybridized carbons (Fsp3) is 0.400. The summed E-state index contributed by atoms with van der Waals surface area (Å²) in [6.07, 6.45) is 0.160. The Morgan fingerprint density at radius 2 is 2.27 bits per heavy atom. The lowest BCUT2D eigenvalue weighted by Gasteiger charge is -2.50. The molecule has 11 nitrogen and oxygen atoms in total. The number of carbonyl (C=O) groups is 2. The van der Waals surface area contributed by atoms with E-state index in [2.05, 4.69) is 20.8 Å². The third-order valence-electron chi connectivity index (χ3n) is 4.48. The van der Waals surface area contributed by atoms with Gasteiger partial charge in [0.05, 0.1) is 6.42 Å². The number of thioether (sulfide) groups is 2. The number of tetrazole rings is 1. The van der Waals surface area contributed by atoms with Gasteiger partial charge in [-0.05, 0) is 27.4 Å². The number of hydrogen-bond donors (Lipinski definition) is 3. The second kappa shape index (κ2) is 8.44. The third kappa shape index (κ3) is 4.20. The van der Waals surface area contributed by atoms with Crippen molar-refractivity contribution < 1.29 is 23.9 Å². The van der Waals surface area contributed by atoms with E-state index in [4.69, 9.17) is 0 Å². The van der Waals surface area contributed by atoms with Crippen molar-refractivity contribution in [1.29, 1.82) is 0 Å². The van der Waals surface area contributed by atoms with Crippen molar-refractivity contribution in [2.75, 3.05) is 11.5 Å². The number of hydrogen-bond acceptors (Lipinski definition) is 9. The first-order valence-corrected chi connectivity index (χ1v) is 13.2. The Hall–Kier alpha value is -1.70. The lowest BCUT2D eigenvalue weighted by molar-refractivity contribution is -0.145. The Balaban J connectivity index is 1.49. The number of nitrogens with zero attached hydrogens (tertiary/aromatic N) is 5. The van der Waals surface area contributed by atoms with Crippen molar-refractivity contribution >= 4 is 54.3 Å². The van der Waals surface area contributed by atoms with Gasteiger partial charge in [-0.25, -0.2) is 4.68 Å². The SMILES string of the molecule is Cn1nnnc1SCC1=C(P(=O)(O)O)N2C(=O)[C@@H](NC(=O)Cc3cccs3)[C@@H]2SC1. The summed E-state index contributed by atoms with van der Waals surface area (Å²) in [6, 6.07) is 2.87. The molecule has 2 amide bonds. The zero-order chi connectivity index (χ0) is 21.5. The lowest BCUT2D eigenvalue weighted by atomic mass is 10.1. The lowest BCUT2D eigenvalue weighted by Crippen LogP contribution is -2.70. The zero-order valence-electron chi connectivity index (χ0n) is 15.5. The molecule has 0 aliphatic carbocycles. The normalized spacial score (nSPS) is 21.4. The van der Waals surface area contributed by atoms with E-state index in [0.29, 0.717) is 16.5 Å². The summed E-state index contributed by atoms with van der Waals surface area (Å²) in [5.74, 6) is -0.264. The fourth-order valence-electron chi connectivity index (χ4n) is 3.16. The molecule has 2 aromatic heterocycles. The van der Waals surface area contributed by atoms with Crippen molar-refractivity contribution in [1.82, 2.24) is 30.4 Å². The molecule has 1 fully saturated rings. The molecular weight excluding hydrogens is 471 g/mol. The Labute approximate surface area is 183 Å². The van der Waals surface area contributed by atoms with E-state index < -0.39 is 24.9 Å². The van der Waals surface area contributed by atoms with E-state index in [1.807, 2.05) is 17.5 Å². The smallest absolute Gasteiger partial charge is 0.341 e. The van der Waals surface area contributed by atoms with Gasteiger partial charge in [0.2, 0.25) is 11.1 Å². The van der Waals surface area contributed by atoms with Crippen LogP contribution in [-0.2, 0) is 27.6 Å². The van der Waals surface area contributed by atoms with Gasteiger partial charge in [-0.1, -0.05) is 17.8 Å². The summed E-state index contributed by atoms with van der Waals surface area (Å²) in [4.78, 5) is 46.8. The van der Waals surface area contributed by atoms with Gasteiger partial charge in [0.25, 0.3) is 5.91 Å². The van der Waals surface area contributed by atoms with Gasteiger partial charge in [0.15, 0.2) is 0 Å². The van der Waals surface area contributed by atoms with Crippen LogP contribution in [0.1, 0.15) is 4.88 Å². The minimum Gasteiger partial charge on any atom is -0.341 e. The predicted octanol–water partition coefficient (Wildman–Crippen LogP) is 0.396.